The number of aromatic nitrogens is 1. The number of Topliss-reactive ketones (excluding diaryl/α,β-unsaturated/α-hetero) is 1. The SMILES string of the molecule is COc1ccc(C(=O)COC(=O)c2ccccc2SCc2cc(C)on2)cc1. The van der Waals surface area contributed by atoms with Crippen LogP contribution in [0.1, 0.15) is 32.2 Å². The van der Waals surface area contributed by atoms with Gasteiger partial charge in [-0.05, 0) is 43.3 Å². The molecular formula is C21H19NO5S. The minimum Gasteiger partial charge on any atom is -0.497 e. The number of methoxy groups -OCH3 is 1. The maximum absolute atomic E-state index is 12.5. The Morgan fingerprint density at radius 3 is 2.54 bits per heavy atom. The first-order valence-electron chi connectivity index (χ1n) is 8.55. The van der Waals surface area contributed by atoms with Crippen molar-refractivity contribution in [2.75, 3.05) is 13.7 Å². The van der Waals surface area contributed by atoms with Crippen LogP contribution in [0.15, 0.2) is 64.0 Å². The second kappa shape index (κ2) is 9.23. The summed E-state index contributed by atoms with van der Waals surface area (Å²) < 4.78 is 15.3. The molecule has 0 fully saturated rings. The number of aryl methyl sites for hydroxylation is 1. The quantitative estimate of drug-likeness (QED) is 0.318. The van der Waals surface area contributed by atoms with Gasteiger partial charge in [-0.1, -0.05) is 17.3 Å². The molecule has 0 saturated heterocycles. The number of ketones is 1. The smallest absolute Gasteiger partial charge is 0.339 e. The van der Waals surface area contributed by atoms with Crippen LogP contribution >= 0.6 is 11.8 Å². The van der Waals surface area contributed by atoms with Crippen molar-refractivity contribution in [1.29, 1.82) is 0 Å². The van der Waals surface area contributed by atoms with Crippen LogP contribution in [0.25, 0.3) is 0 Å². The summed E-state index contributed by atoms with van der Waals surface area (Å²) in [6.07, 6.45) is 0. The maximum Gasteiger partial charge on any atom is 0.339 e. The van der Waals surface area contributed by atoms with E-state index >= 15 is 0 Å². The largest absolute Gasteiger partial charge is 0.497 e. The lowest BCUT2D eigenvalue weighted by molar-refractivity contribution is 0.0471. The van der Waals surface area contributed by atoms with Crippen LogP contribution in [-0.4, -0.2) is 30.6 Å². The molecule has 0 unspecified atom stereocenters. The van der Waals surface area contributed by atoms with Crippen molar-refractivity contribution < 1.29 is 23.6 Å². The van der Waals surface area contributed by atoms with Gasteiger partial charge in [0.1, 0.15) is 11.5 Å². The van der Waals surface area contributed by atoms with Crippen LogP contribution in [0.3, 0.4) is 0 Å². The van der Waals surface area contributed by atoms with Crippen LogP contribution < -0.4 is 4.74 Å². The zero-order valence-corrected chi connectivity index (χ0v) is 16.3. The fraction of sp³-hybridized carbons (Fsp3) is 0.190. The van der Waals surface area contributed by atoms with Crippen molar-refractivity contribution in [3.63, 3.8) is 0 Å². The molecule has 144 valence electrons. The topological polar surface area (TPSA) is 78.6 Å². The molecule has 0 radical (unpaired) electrons. The molecule has 3 aromatic rings. The number of hydrogen-bond donors (Lipinski definition) is 0. The molecule has 6 nitrogen and oxygen atoms in total. The second-order valence-electron chi connectivity index (χ2n) is 5.94. The lowest BCUT2D eigenvalue weighted by Gasteiger charge is -2.09. The third kappa shape index (κ3) is 5.01. The molecule has 0 spiro atoms. The number of carbonyl (C=O) groups excluding carboxylic acids is 2. The van der Waals surface area contributed by atoms with Crippen LogP contribution in [0.5, 0.6) is 5.75 Å². The Morgan fingerprint density at radius 2 is 1.86 bits per heavy atom. The van der Waals surface area contributed by atoms with E-state index in [4.69, 9.17) is 14.0 Å². The van der Waals surface area contributed by atoms with Crippen molar-refractivity contribution in [2.24, 2.45) is 0 Å². The Kier molecular flexibility index (Phi) is 6.49. The second-order valence-corrected chi connectivity index (χ2v) is 6.96. The minimum absolute atomic E-state index is 0.279. The molecule has 0 saturated carbocycles. The minimum atomic E-state index is -0.540. The molecule has 7 heteroatoms. The average molecular weight is 397 g/mol. The molecule has 1 aromatic heterocycles. The highest BCUT2D eigenvalue weighted by Gasteiger charge is 2.16. The van der Waals surface area contributed by atoms with Gasteiger partial charge in [-0.3, -0.25) is 4.79 Å². The average Bonchev–Trinajstić information content (AvgIpc) is 3.15. The van der Waals surface area contributed by atoms with Crippen molar-refractivity contribution in [3.05, 3.63) is 77.2 Å². The molecule has 0 aliphatic rings. The van der Waals surface area contributed by atoms with E-state index in [-0.39, 0.29) is 12.4 Å². The molecule has 0 N–H and O–H groups in total. The zero-order chi connectivity index (χ0) is 19.9. The van der Waals surface area contributed by atoms with E-state index in [0.29, 0.717) is 22.6 Å². The zero-order valence-electron chi connectivity index (χ0n) is 15.5. The molecule has 0 aliphatic carbocycles. The van der Waals surface area contributed by atoms with Crippen molar-refractivity contribution in [1.82, 2.24) is 5.16 Å². The Hall–Kier alpha value is -3.06. The number of hydrogen-bond acceptors (Lipinski definition) is 7. The number of benzene rings is 2. The highest BCUT2D eigenvalue weighted by atomic mass is 32.2. The van der Waals surface area contributed by atoms with Crippen LogP contribution in [0.4, 0.5) is 0 Å². The molecule has 1 heterocycles. The summed E-state index contributed by atoms with van der Waals surface area (Å²) in [4.78, 5) is 25.5. The lowest BCUT2D eigenvalue weighted by Crippen LogP contribution is -2.14. The Morgan fingerprint density at radius 1 is 1.11 bits per heavy atom. The lowest BCUT2D eigenvalue weighted by atomic mass is 10.1. The van der Waals surface area contributed by atoms with Gasteiger partial charge < -0.3 is 14.0 Å². The molecule has 0 aliphatic heterocycles. The summed E-state index contributed by atoms with van der Waals surface area (Å²) in [6.45, 7) is 1.50. The van der Waals surface area contributed by atoms with Crippen LogP contribution in [0.2, 0.25) is 0 Å². The summed E-state index contributed by atoms with van der Waals surface area (Å²) in [5.74, 6) is 1.13. The van der Waals surface area contributed by atoms with E-state index in [1.54, 1.807) is 43.5 Å². The summed E-state index contributed by atoms with van der Waals surface area (Å²) in [7, 11) is 1.55. The first-order valence-corrected chi connectivity index (χ1v) is 9.54. The Balaban J connectivity index is 1.61. The van der Waals surface area contributed by atoms with Crippen molar-refractivity contribution in [2.45, 2.75) is 17.6 Å². The van der Waals surface area contributed by atoms with Gasteiger partial charge >= 0.3 is 5.97 Å². The van der Waals surface area contributed by atoms with E-state index in [1.165, 1.54) is 11.8 Å². The predicted octanol–water partition coefficient (Wildman–Crippen LogP) is 4.32. The van der Waals surface area contributed by atoms with Gasteiger partial charge in [0.2, 0.25) is 0 Å². The molecule has 3 rings (SSSR count). The molecule has 28 heavy (non-hydrogen) atoms. The monoisotopic (exact) mass is 397 g/mol. The van der Waals surface area contributed by atoms with Gasteiger partial charge in [0.05, 0.1) is 18.4 Å². The Labute approximate surface area is 166 Å². The summed E-state index contributed by atoms with van der Waals surface area (Å²) in [5, 5.41) is 3.95. The van der Waals surface area contributed by atoms with E-state index in [9.17, 15) is 9.59 Å². The number of esters is 1. The van der Waals surface area contributed by atoms with E-state index < -0.39 is 5.97 Å². The van der Waals surface area contributed by atoms with Gasteiger partial charge in [0, 0.05) is 22.3 Å². The number of nitrogens with zero attached hydrogens (tertiary/aromatic N) is 1. The van der Waals surface area contributed by atoms with Crippen molar-refractivity contribution in [3.8, 4) is 5.75 Å². The predicted molar refractivity (Wildman–Crippen MR) is 105 cm³/mol. The molecule has 2 aromatic carbocycles. The van der Waals surface area contributed by atoms with Crippen LogP contribution in [0, 0.1) is 6.92 Å². The van der Waals surface area contributed by atoms with Gasteiger partial charge in [0.25, 0.3) is 0 Å². The van der Waals surface area contributed by atoms with E-state index in [2.05, 4.69) is 5.16 Å². The number of carbonyl (C=O) groups is 2. The molecule has 0 bridgehead atoms. The molecule has 0 atom stereocenters. The maximum atomic E-state index is 12.5. The summed E-state index contributed by atoms with van der Waals surface area (Å²) >= 11 is 1.45. The normalized spacial score (nSPS) is 10.5. The fourth-order valence-corrected chi connectivity index (χ4v) is 3.39. The number of thioether (sulfide) groups is 1. The number of ether oxygens (including phenoxy) is 2. The standard InChI is InChI=1S/C21H19NO5S/c1-14-11-16(22-27-14)13-28-20-6-4-3-5-18(20)21(24)26-12-19(23)15-7-9-17(25-2)10-8-15/h3-11H,12-13H2,1-2H3. The third-order valence-electron chi connectivity index (χ3n) is 3.91. The fourth-order valence-electron chi connectivity index (χ4n) is 2.47. The summed E-state index contributed by atoms with van der Waals surface area (Å²) in [6, 6.07) is 15.6. The summed E-state index contributed by atoms with van der Waals surface area (Å²) in [5.41, 5.74) is 1.66. The Bertz CT molecular complexity index is 965. The third-order valence-corrected chi connectivity index (χ3v) is 5.01. The van der Waals surface area contributed by atoms with Gasteiger partial charge in [-0.25, -0.2) is 4.79 Å². The van der Waals surface area contributed by atoms with Crippen molar-refractivity contribution >= 4 is 23.5 Å². The molecular weight excluding hydrogens is 378 g/mol. The van der Waals surface area contributed by atoms with Gasteiger partial charge in [-0.2, -0.15) is 0 Å². The van der Waals surface area contributed by atoms with Gasteiger partial charge in [0.15, 0.2) is 12.4 Å². The highest BCUT2D eigenvalue weighted by molar-refractivity contribution is 7.98. The van der Waals surface area contributed by atoms with Gasteiger partial charge in [-0.15, -0.1) is 11.8 Å². The van der Waals surface area contributed by atoms with E-state index in [1.807, 2.05) is 25.1 Å². The first kappa shape index (κ1) is 19.7. The highest BCUT2D eigenvalue weighted by Crippen LogP contribution is 2.26. The number of rotatable bonds is 8. The van der Waals surface area contributed by atoms with E-state index in [0.717, 1.165) is 16.3 Å². The first-order chi connectivity index (χ1) is 13.6. The molecule has 0 amide bonds. The van der Waals surface area contributed by atoms with Crippen LogP contribution in [-0.2, 0) is 10.5 Å².